The number of H-pyrrole nitrogens is 1. The molecule has 1 aromatic heterocycles. The molecule has 1 fully saturated rings. The molecule has 1 atom stereocenters. The normalized spacial score (nSPS) is 19.2. The second-order valence-corrected chi connectivity index (χ2v) is 8.67. The summed E-state index contributed by atoms with van der Waals surface area (Å²) in [5.74, 6) is -0.0210. The first-order valence-corrected chi connectivity index (χ1v) is 9.87. The third-order valence-corrected chi connectivity index (χ3v) is 6.25. The molecule has 3 rings (SSSR count). The smallest absolute Gasteiger partial charge is 0.290 e. The number of nitro benzene ring substituents is 1. The molecule has 0 aliphatic carbocycles. The number of sulfone groups is 1. The van der Waals surface area contributed by atoms with Crippen LogP contribution in [0.4, 0.5) is 11.4 Å². The standard InChI is InChI=1S/C15H15ClN4O5S/c1-9-12(7-17-10-2-3-13(16)14(6-10)20(22)23)15(21)19(18-9)11-4-5-26(24,25)8-11/h2-3,6-7,11,18H,4-5,8H2,1H3/t11-/m1/s1. The Balaban J connectivity index is 1.92. The number of aryl methyl sites for hydroxylation is 1. The minimum absolute atomic E-state index is 0.00317. The van der Waals surface area contributed by atoms with Crippen LogP contribution in [0.15, 0.2) is 28.0 Å². The molecule has 9 nitrogen and oxygen atoms in total. The van der Waals surface area contributed by atoms with E-state index in [4.69, 9.17) is 11.6 Å². The molecular weight excluding hydrogens is 384 g/mol. The van der Waals surface area contributed by atoms with Crippen LogP contribution in [0.5, 0.6) is 0 Å². The van der Waals surface area contributed by atoms with E-state index in [0.717, 1.165) is 0 Å². The third kappa shape index (κ3) is 3.56. The van der Waals surface area contributed by atoms with E-state index < -0.39 is 20.8 Å². The minimum Gasteiger partial charge on any atom is -0.299 e. The first kappa shape index (κ1) is 18.3. The maximum Gasteiger partial charge on any atom is 0.290 e. The van der Waals surface area contributed by atoms with Crippen molar-refractivity contribution in [3.8, 4) is 0 Å². The fourth-order valence-corrected chi connectivity index (χ4v) is 4.72. The fraction of sp³-hybridized carbons (Fsp3) is 0.333. The van der Waals surface area contributed by atoms with Gasteiger partial charge in [-0.25, -0.2) is 13.1 Å². The highest BCUT2D eigenvalue weighted by atomic mass is 35.5. The van der Waals surface area contributed by atoms with E-state index in [1.54, 1.807) is 6.92 Å². The lowest BCUT2D eigenvalue weighted by molar-refractivity contribution is -0.384. The van der Waals surface area contributed by atoms with Crippen molar-refractivity contribution < 1.29 is 13.3 Å². The molecule has 0 amide bonds. The Kier molecular flexibility index (Phi) is 4.72. The van der Waals surface area contributed by atoms with Gasteiger partial charge in [-0.1, -0.05) is 11.6 Å². The molecule has 1 aliphatic heterocycles. The van der Waals surface area contributed by atoms with Gasteiger partial charge in [-0.2, -0.15) is 0 Å². The molecule has 0 bridgehead atoms. The number of aliphatic imine (C=N–C) groups is 1. The van der Waals surface area contributed by atoms with Crippen LogP contribution in [0.25, 0.3) is 0 Å². The number of aromatic amines is 1. The molecule has 2 heterocycles. The summed E-state index contributed by atoms with van der Waals surface area (Å²) < 4.78 is 24.6. The van der Waals surface area contributed by atoms with E-state index in [2.05, 4.69) is 10.1 Å². The van der Waals surface area contributed by atoms with Crippen LogP contribution in [-0.2, 0) is 9.84 Å². The predicted molar refractivity (Wildman–Crippen MR) is 97.5 cm³/mol. The summed E-state index contributed by atoms with van der Waals surface area (Å²) in [5, 5.41) is 13.8. The molecule has 1 aliphatic rings. The van der Waals surface area contributed by atoms with Crippen molar-refractivity contribution in [2.75, 3.05) is 11.5 Å². The Morgan fingerprint density at radius 3 is 2.81 bits per heavy atom. The van der Waals surface area contributed by atoms with Crippen LogP contribution in [-0.4, -0.2) is 40.8 Å². The Bertz CT molecular complexity index is 1070. The van der Waals surface area contributed by atoms with Gasteiger partial charge in [0, 0.05) is 18.0 Å². The summed E-state index contributed by atoms with van der Waals surface area (Å²) in [6.07, 6.45) is 1.68. The lowest BCUT2D eigenvalue weighted by Crippen LogP contribution is -2.25. The number of nitro groups is 1. The largest absolute Gasteiger partial charge is 0.299 e. The molecule has 1 aromatic carbocycles. The number of aromatic nitrogens is 2. The summed E-state index contributed by atoms with van der Waals surface area (Å²) in [5.41, 5.74) is 0.423. The second kappa shape index (κ2) is 6.69. The topological polar surface area (TPSA) is 127 Å². The average Bonchev–Trinajstić information content (AvgIpc) is 3.06. The molecule has 1 saturated heterocycles. The Morgan fingerprint density at radius 2 is 2.19 bits per heavy atom. The van der Waals surface area contributed by atoms with E-state index in [0.29, 0.717) is 12.1 Å². The monoisotopic (exact) mass is 398 g/mol. The van der Waals surface area contributed by atoms with Crippen molar-refractivity contribution in [2.24, 2.45) is 4.99 Å². The SMILES string of the molecule is Cc1[nH]n([C@@H]2CCS(=O)(=O)C2)c(=O)c1C=Nc1ccc(Cl)c([N+](=O)[O-])c1. The molecule has 26 heavy (non-hydrogen) atoms. The fourth-order valence-electron chi connectivity index (χ4n) is 2.83. The van der Waals surface area contributed by atoms with Crippen molar-refractivity contribution in [1.29, 1.82) is 0 Å². The number of nitrogens with one attached hydrogen (secondary N) is 1. The maximum atomic E-state index is 12.6. The summed E-state index contributed by atoms with van der Waals surface area (Å²) in [4.78, 5) is 27.0. The van der Waals surface area contributed by atoms with Gasteiger partial charge in [0.1, 0.15) is 5.02 Å². The van der Waals surface area contributed by atoms with Crippen molar-refractivity contribution in [1.82, 2.24) is 9.78 Å². The van der Waals surface area contributed by atoms with Gasteiger partial charge in [-0.3, -0.25) is 25.0 Å². The van der Waals surface area contributed by atoms with Crippen LogP contribution in [0, 0.1) is 17.0 Å². The highest BCUT2D eigenvalue weighted by Crippen LogP contribution is 2.28. The number of hydrogen-bond donors (Lipinski definition) is 1. The lowest BCUT2D eigenvalue weighted by atomic mass is 10.2. The van der Waals surface area contributed by atoms with Crippen LogP contribution in [0.2, 0.25) is 5.02 Å². The highest BCUT2D eigenvalue weighted by Gasteiger charge is 2.31. The van der Waals surface area contributed by atoms with E-state index in [-0.39, 0.29) is 39.0 Å². The zero-order chi connectivity index (χ0) is 19.1. The molecule has 0 saturated carbocycles. The van der Waals surface area contributed by atoms with Crippen LogP contribution >= 0.6 is 11.6 Å². The van der Waals surface area contributed by atoms with Crippen molar-refractivity contribution in [2.45, 2.75) is 19.4 Å². The van der Waals surface area contributed by atoms with E-state index in [1.807, 2.05) is 0 Å². The number of hydrogen-bond acceptors (Lipinski definition) is 6. The summed E-state index contributed by atoms with van der Waals surface area (Å²) in [6, 6.07) is 3.64. The van der Waals surface area contributed by atoms with Gasteiger partial charge in [-0.15, -0.1) is 0 Å². The molecular formula is C15H15ClN4O5S. The quantitative estimate of drug-likeness (QED) is 0.479. The molecule has 0 unspecified atom stereocenters. The van der Waals surface area contributed by atoms with E-state index >= 15 is 0 Å². The predicted octanol–water partition coefficient (Wildman–Crippen LogP) is 2.16. The number of halogens is 1. The van der Waals surface area contributed by atoms with Gasteiger partial charge < -0.3 is 0 Å². The molecule has 138 valence electrons. The number of benzene rings is 1. The van der Waals surface area contributed by atoms with Crippen LogP contribution in [0.3, 0.4) is 0 Å². The first-order valence-electron chi connectivity index (χ1n) is 7.67. The van der Waals surface area contributed by atoms with Crippen LogP contribution < -0.4 is 5.56 Å². The van der Waals surface area contributed by atoms with Crippen molar-refractivity contribution >= 4 is 39.0 Å². The van der Waals surface area contributed by atoms with Gasteiger partial charge >= 0.3 is 0 Å². The zero-order valence-corrected chi connectivity index (χ0v) is 15.2. The van der Waals surface area contributed by atoms with Gasteiger partial charge in [0.05, 0.1) is 33.7 Å². The maximum absolute atomic E-state index is 12.6. The Labute approximate surface area is 153 Å². The van der Waals surface area contributed by atoms with Gasteiger partial charge in [0.2, 0.25) is 0 Å². The second-order valence-electron chi connectivity index (χ2n) is 6.03. The van der Waals surface area contributed by atoms with E-state index in [9.17, 15) is 23.3 Å². The lowest BCUT2D eigenvalue weighted by Gasteiger charge is -2.07. The molecule has 2 aromatic rings. The summed E-state index contributed by atoms with van der Waals surface area (Å²) >= 11 is 5.76. The van der Waals surface area contributed by atoms with Gasteiger partial charge in [0.15, 0.2) is 9.84 Å². The van der Waals surface area contributed by atoms with Gasteiger partial charge in [-0.05, 0) is 25.5 Å². The Morgan fingerprint density at radius 1 is 1.46 bits per heavy atom. The molecule has 11 heteroatoms. The van der Waals surface area contributed by atoms with Gasteiger partial charge in [0.25, 0.3) is 11.2 Å². The third-order valence-electron chi connectivity index (χ3n) is 4.18. The minimum atomic E-state index is -3.13. The highest BCUT2D eigenvalue weighted by molar-refractivity contribution is 7.91. The summed E-state index contributed by atoms with van der Waals surface area (Å²) in [6.45, 7) is 1.67. The molecule has 0 spiro atoms. The number of rotatable bonds is 4. The average molecular weight is 399 g/mol. The molecule has 0 radical (unpaired) electrons. The zero-order valence-electron chi connectivity index (χ0n) is 13.7. The number of nitrogens with zero attached hydrogens (tertiary/aromatic N) is 3. The van der Waals surface area contributed by atoms with E-state index in [1.165, 1.54) is 29.1 Å². The van der Waals surface area contributed by atoms with Crippen LogP contribution in [0.1, 0.15) is 23.7 Å². The first-order chi connectivity index (χ1) is 12.2. The van der Waals surface area contributed by atoms with Crippen molar-refractivity contribution in [3.05, 3.63) is 54.9 Å². The Hall–Kier alpha value is -2.46. The summed E-state index contributed by atoms with van der Waals surface area (Å²) in [7, 11) is -3.13. The van der Waals surface area contributed by atoms with Crippen molar-refractivity contribution in [3.63, 3.8) is 0 Å². The molecule has 1 N–H and O–H groups in total.